The highest BCUT2D eigenvalue weighted by atomic mass is 79.9. The average molecular weight is 317 g/mol. The molecule has 1 fully saturated rings. The first-order chi connectivity index (χ1) is 8.53. The summed E-state index contributed by atoms with van der Waals surface area (Å²) in [6.45, 7) is 0.0583. The number of halogens is 2. The Morgan fingerprint density at radius 2 is 2.22 bits per heavy atom. The van der Waals surface area contributed by atoms with Gasteiger partial charge in [-0.3, -0.25) is 4.79 Å². The van der Waals surface area contributed by atoms with E-state index in [1.807, 2.05) is 0 Å². The molecule has 0 bridgehead atoms. The topological polar surface area (TPSA) is 55.8 Å². The van der Waals surface area contributed by atoms with Crippen LogP contribution in [0, 0.1) is 5.82 Å². The third-order valence-electron chi connectivity index (χ3n) is 3.43. The van der Waals surface area contributed by atoms with Gasteiger partial charge in [-0.25, -0.2) is 4.39 Å². The number of benzene rings is 1. The molecule has 3 rings (SSSR count). The van der Waals surface area contributed by atoms with Gasteiger partial charge in [0.1, 0.15) is 5.82 Å². The number of carboxylic acids is 1. The second-order valence-electron chi connectivity index (χ2n) is 4.63. The molecule has 0 amide bonds. The molecule has 0 atom stereocenters. The van der Waals surface area contributed by atoms with E-state index in [1.54, 1.807) is 0 Å². The molecule has 1 aromatic carbocycles. The Hall–Kier alpha value is -1.30. The molecule has 0 spiro atoms. The maximum absolute atomic E-state index is 14.1. The van der Waals surface area contributed by atoms with Crippen LogP contribution in [0.25, 0.3) is 0 Å². The van der Waals surface area contributed by atoms with E-state index < -0.39 is 17.2 Å². The first-order valence-corrected chi connectivity index (χ1v) is 6.33. The van der Waals surface area contributed by atoms with Gasteiger partial charge >= 0.3 is 5.97 Å². The van der Waals surface area contributed by atoms with Crippen LogP contribution in [0.3, 0.4) is 0 Å². The van der Waals surface area contributed by atoms with Crippen molar-refractivity contribution in [2.24, 2.45) is 0 Å². The minimum Gasteiger partial charge on any atom is -0.481 e. The SMILES string of the molecule is O=C(O)CC1(c2c(F)cc3c(c2Br)OCO3)CC1. The zero-order valence-corrected chi connectivity index (χ0v) is 10.9. The summed E-state index contributed by atoms with van der Waals surface area (Å²) in [5.41, 5.74) is -0.204. The fraction of sp³-hybridized carbons (Fsp3) is 0.417. The summed E-state index contributed by atoms with van der Waals surface area (Å²) in [6, 6.07) is 1.27. The van der Waals surface area contributed by atoms with Crippen molar-refractivity contribution < 1.29 is 23.8 Å². The van der Waals surface area contributed by atoms with Crippen LogP contribution in [-0.4, -0.2) is 17.9 Å². The lowest BCUT2D eigenvalue weighted by Gasteiger charge is -2.17. The highest BCUT2D eigenvalue weighted by Crippen LogP contribution is 2.57. The average Bonchev–Trinajstić information content (AvgIpc) is 2.87. The summed E-state index contributed by atoms with van der Waals surface area (Å²) in [6.07, 6.45) is 1.28. The van der Waals surface area contributed by atoms with E-state index in [1.165, 1.54) is 6.07 Å². The third-order valence-corrected chi connectivity index (χ3v) is 4.19. The lowest BCUT2D eigenvalue weighted by molar-refractivity contribution is -0.137. The van der Waals surface area contributed by atoms with Crippen LogP contribution in [-0.2, 0) is 10.2 Å². The molecule has 1 aliphatic carbocycles. The minimum absolute atomic E-state index is 0.0583. The van der Waals surface area contributed by atoms with Gasteiger partial charge in [-0.1, -0.05) is 0 Å². The molecule has 1 aromatic rings. The van der Waals surface area contributed by atoms with E-state index in [2.05, 4.69) is 15.9 Å². The molecule has 0 aromatic heterocycles. The van der Waals surface area contributed by atoms with Gasteiger partial charge in [-0.2, -0.15) is 0 Å². The van der Waals surface area contributed by atoms with Crippen LogP contribution >= 0.6 is 15.9 Å². The van der Waals surface area contributed by atoms with E-state index in [9.17, 15) is 9.18 Å². The molecule has 1 saturated carbocycles. The number of rotatable bonds is 3. The van der Waals surface area contributed by atoms with E-state index >= 15 is 0 Å². The fourth-order valence-electron chi connectivity index (χ4n) is 2.41. The number of aliphatic carboxylic acids is 1. The van der Waals surface area contributed by atoms with Crippen molar-refractivity contribution in [3.05, 3.63) is 21.9 Å². The quantitative estimate of drug-likeness (QED) is 0.931. The maximum Gasteiger partial charge on any atom is 0.304 e. The second-order valence-corrected chi connectivity index (χ2v) is 5.43. The Morgan fingerprint density at radius 3 is 2.83 bits per heavy atom. The predicted molar refractivity (Wildman–Crippen MR) is 63.4 cm³/mol. The molecule has 0 radical (unpaired) electrons. The molecule has 0 unspecified atom stereocenters. The van der Waals surface area contributed by atoms with E-state index in [0.717, 1.165) is 0 Å². The summed E-state index contributed by atoms with van der Waals surface area (Å²) in [4.78, 5) is 10.9. The number of carboxylic acid groups (broad SMARTS) is 1. The predicted octanol–water partition coefficient (Wildman–Crippen LogP) is 2.82. The van der Waals surface area contributed by atoms with Crippen LogP contribution in [0.2, 0.25) is 0 Å². The second kappa shape index (κ2) is 3.85. The fourth-order valence-corrected chi connectivity index (χ4v) is 3.33. The van der Waals surface area contributed by atoms with Crippen molar-refractivity contribution in [2.45, 2.75) is 24.7 Å². The number of hydrogen-bond donors (Lipinski definition) is 1. The summed E-state index contributed by atoms with van der Waals surface area (Å²) in [5, 5.41) is 8.93. The summed E-state index contributed by atoms with van der Waals surface area (Å²) >= 11 is 3.31. The van der Waals surface area contributed by atoms with Gasteiger partial charge < -0.3 is 14.6 Å². The van der Waals surface area contributed by atoms with Crippen molar-refractivity contribution in [2.75, 3.05) is 6.79 Å². The van der Waals surface area contributed by atoms with Crippen molar-refractivity contribution in [1.82, 2.24) is 0 Å². The van der Waals surface area contributed by atoms with Gasteiger partial charge in [0.25, 0.3) is 0 Å². The Balaban J connectivity index is 2.10. The third kappa shape index (κ3) is 1.67. The van der Waals surface area contributed by atoms with Gasteiger partial charge in [0, 0.05) is 17.0 Å². The van der Waals surface area contributed by atoms with Crippen molar-refractivity contribution in [1.29, 1.82) is 0 Å². The van der Waals surface area contributed by atoms with Gasteiger partial charge in [-0.05, 0) is 28.8 Å². The normalized spacial score (nSPS) is 18.8. The molecular weight excluding hydrogens is 307 g/mol. The van der Waals surface area contributed by atoms with E-state index in [-0.39, 0.29) is 13.2 Å². The van der Waals surface area contributed by atoms with Crippen LogP contribution < -0.4 is 9.47 Å². The molecule has 1 N–H and O–H groups in total. The molecule has 6 heteroatoms. The first-order valence-electron chi connectivity index (χ1n) is 5.53. The molecule has 96 valence electrons. The standard InChI is InChI=1S/C12H10BrFO4/c13-10-9(12(1-2-12)4-8(15)16)6(14)3-7-11(10)18-5-17-7/h3H,1-2,4-5H2,(H,15,16). The van der Waals surface area contributed by atoms with Crippen molar-refractivity contribution >= 4 is 21.9 Å². The molecule has 4 nitrogen and oxygen atoms in total. The first kappa shape index (κ1) is 11.8. The maximum atomic E-state index is 14.1. The van der Waals surface area contributed by atoms with Crippen molar-refractivity contribution in [3.8, 4) is 11.5 Å². The van der Waals surface area contributed by atoms with Gasteiger partial charge in [0.15, 0.2) is 11.5 Å². The minimum atomic E-state index is -0.920. The van der Waals surface area contributed by atoms with Gasteiger partial charge in [0.2, 0.25) is 6.79 Å². The molecule has 18 heavy (non-hydrogen) atoms. The number of ether oxygens (including phenoxy) is 2. The summed E-state index contributed by atoms with van der Waals surface area (Å²) < 4.78 is 25.0. The zero-order chi connectivity index (χ0) is 12.9. The van der Waals surface area contributed by atoms with Gasteiger partial charge in [-0.15, -0.1) is 0 Å². The molecule has 1 heterocycles. The van der Waals surface area contributed by atoms with E-state index in [0.29, 0.717) is 34.4 Å². The van der Waals surface area contributed by atoms with Crippen LogP contribution in [0.4, 0.5) is 4.39 Å². The smallest absolute Gasteiger partial charge is 0.304 e. The van der Waals surface area contributed by atoms with Crippen LogP contribution in [0.5, 0.6) is 11.5 Å². The monoisotopic (exact) mass is 316 g/mol. The molecule has 1 aliphatic heterocycles. The Bertz CT molecular complexity index is 539. The highest BCUT2D eigenvalue weighted by Gasteiger charge is 2.50. The van der Waals surface area contributed by atoms with E-state index in [4.69, 9.17) is 14.6 Å². The number of carbonyl (C=O) groups is 1. The van der Waals surface area contributed by atoms with Gasteiger partial charge in [0.05, 0.1) is 10.9 Å². The zero-order valence-electron chi connectivity index (χ0n) is 9.33. The largest absolute Gasteiger partial charge is 0.481 e. The number of fused-ring (bicyclic) bond motifs is 1. The van der Waals surface area contributed by atoms with Crippen LogP contribution in [0.1, 0.15) is 24.8 Å². The molecule has 2 aliphatic rings. The summed E-state index contributed by atoms with van der Waals surface area (Å²) in [7, 11) is 0. The Morgan fingerprint density at radius 1 is 1.50 bits per heavy atom. The Labute approximate surface area is 111 Å². The Kier molecular flexibility index (Phi) is 2.52. The lowest BCUT2D eigenvalue weighted by atomic mass is 9.91. The van der Waals surface area contributed by atoms with Crippen molar-refractivity contribution in [3.63, 3.8) is 0 Å². The molecule has 0 saturated heterocycles. The summed E-state index contributed by atoms with van der Waals surface area (Å²) in [5.74, 6) is -0.543. The highest BCUT2D eigenvalue weighted by molar-refractivity contribution is 9.10. The van der Waals surface area contributed by atoms with Crippen LogP contribution in [0.15, 0.2) is 10.5 Å². The molecular formula is C12H10BrFO4. The number of hydrogen-bond acceptors (Lipinski definition) is 3. The lowest BCUT2D eigenvalue weighted by Crippen LogP contribution is -2.15.